The third-order valence-electron chi connectivity index (χ3n) is 14.1. The van der Waals surface area contributed by atoms with Crippen molar-refractivity contribution in [2.24, 2.45) is 0 Å². The lowest BCUT2D eigenvalue weighted by atomic mass is 9.94. The van der Waals surface area contributed by atoms with Crippen LogP contribution < -0.4 is 9.80 Å². The van der Waals surface area contributed by atoms with Crippen LogP contribution in [-0.2, 0) is 0 Å². The zero-order valence-electron chi connectivity index (χ0n) is 40.3. The molecule has 0 atom stereocenters. The molecule has 2 heterocycles. The largest absolute Gasteiger partial charge is 0.455 e. The third kappa shape index (κ3) is 7.23. The summed E-state index contributed by atoms with van der Waals surface area (Å²) in [4.78, 5) is 4.87. The van der Waals surface area contributed by atoms with Gasteiger partial charge in [0, 0.05) is 66.5 Å². The topological polar surface area (TPSA) is 32.8 Å². The molecule has 10 aromatic carbocycles. The number of para-hydroxylation sites is 6. The number of fused-ring (bicyclic) bond motifs is 6. The molecule has 70 heavy (non-hydrogen) atoms. The van der Waals surface area contributed by atoms with Crippen LogP contribution in [0.5, 0.6) is 0 Å². The molecule has 338 valence electrons. The van der Waals surface area contributed by atoms with Crippen LogP contribution in [0.2, 0.25) is 0 Å². The first kappa shape index (κ1) is 42.7. The van der Waals surface area contributed by atoms with E-state index in [2.05, 4.69) is 245 Å². The molecule has 0 spiro atoms. The number of anilines is 6. The Morgan fingerprint density at radius 1 is 0.300 bits per heavy atom. The van der Waals surface area contributed by atoms with Crippen molar-refractivity contribution in [3.05, 3.63) is 240 Å². The number of rotatable bonds is 9. The lowest BCUT2D eigenvalue weighted by Crippen LogP contribution is -2.14. The Kier molecular flexibility index (Phi) is 10.5. The van der Waals surface area contributed by atoms with Gasteiger partial charge < -0.3 is 18.6 Å². The van der Waals surface area contributed by atoms with Gasteiger partial charge in [0.1, 0.15) is 22.3 Å². The van der Waals surface area contributed by atoms with Crippen LogP contribution in [0.1, 0.15) is 33.4 Å². The Morgan fingerprint density at radius 3 is 1.09 bits per heavy atom. The standard InChI is InChI=1S/C66H52N2O2/c1-41-27-33-49(34-28-41)67(63-43(3)15-11-19-53(63)57-23-13-21-55-51-17-7-9-25-61(51)69-65(55)57)59-37-31-47(39-45(59)5)48-32-38-60(46(6)40-48)68(50-35-29-42(2)30-36-50)64-44(4)16-12-20-54(64)58-24-14-22-56-52-18-8-10-26-62(52)70-66(56)58/h7-40H,1-6H3. The van der Waals surface area contributed by atoms with E-state index in [1.54, 1.807) is 0 Å². The van der Waals surface area contributed by atoms with Gasteiger partial charge in [-0.3, -0.25) is 0 Å². The van der Waals surface area contributed by atoms with Crippen LogP contribution in [0.15, 0.2) is 215 Å². The van der Waals surface area contributed by atoms with Gasteiger partial charge >= 0.3 is 0 Å². The fraction of sp³-hybridized carbons (Fsp3) is 0.0909. The molecule has 4 nitrogen and oxygen atoms in total. The van der Waals surface area contributed by atoms with Crippen LogP contribution in [0.25, 0.3) is 77.3 Å². The summed E-state index contributed by atoms with van der Waals surface area (Å²) in [6.45, 7) is 13.2. The average Bonchev–Trinajstić information content (AvgIpc) is 3.96. The zero-order valence-corrected chi connectivity index (χ0v) is 40.3. The summed E-state index contributed by atoms with van der Waals surface area (Å²) in [6.07, 6.45) is 0. The molecule has 0 bridgehead atoms. The van der Waals surface area contributed by atoms with Crippen molar-refractivity contribution in [1.82, 2.24) is 0 Å². The number of hydrogen-bond acceptors (Lipinski definition) is 4. The molecule has 0 fully saturated rings. The van der Waals surface area contributed by atoms with E-state index in [1.807, 2.05) is 12.1 Å². The lowest BCUT2D eigenvalue weighted by molar-refractivity contribution is 0.669. The molecule has 0 aliphatic rings. The van der Waals surface area contributed by atoms with Crippen molar-refractivity contribution in [3.8, 4) is 33.4 Å². The first-order valence-corrected chi connectivity index (χ1v) is 24.2. The van der Waals surface area contributed by atoms with E-state index in [9.17, 15) is 0 Å². The van der Waals surface area contributed by atoms with Gasteiger partial charge in [0.15, 0.2) is 0 Å². The minimum absolute atomic E-state index is 0.892. The van der Waals surface area contributed by atoms with Gasteiger partial charge in [0.2, 0.25) is 0 Å². The summed E-state index contributed by atoms with van der Waals surface area (Å²) in [6, 6.07) is 74.5. The molecule has 0 saturated carbocycles. The molecular weight excluding hydrogens is 853 g/mol. The summed E-state index contributed by atoms with van der Waals surface area (Å²) in [5, 5.41) is 4.48. The van der Waals surface area contributed by atoms with Gasteiger partial charge in [-0.25, -0.2) is 0 Å². The van der Waals surface area contributed by atoms with Crippen molar-refractivity contribution in [2.45, 2.75) is 41.5 Å². The van der Waals surface area contributed by atoms with Crippen molar-refractivity contribution in [3.63, 3.8) is 0 Å². The van der Waals surface area contributed by atoms with Gasteiger partial charge in [-0.1, -0.05) is 157 Å². The second kappa shape index (κ2) is 17.2. The maximum Gasteiger partial charge on any atom is 0.143 e. The van der Waals surface area contributed by atoms with Gasteiger partial charge in [0.25, 0.3) is 0 Å². The molecule has 4 heteroatoms. The summed E-state index contributed by atoms with van der Waals surface area (Å²) in [7, 11) is 0. The minimum atomic E-state index is 0.892. The number of aryl methyl sites for hydroxylation is 6. The van der Waals surface area contributed by atoms with Gasteiger partial charge in [0.05, 0.1) is 11.4 Å². The lowest BCUT2D eigenvalue weighted by Gasteiger charge is -2.31. The van der Waals surface area contributed by atoms with E-state index in [0.717, 1.165) is 111 Å². The van der Waals surface area contributed by atoms with E-state index in [1.165, 1.54) is 33.4 Å². The highest BCUT2D eigenvalue weighted by molar-refractivity contribution is 6.12. The normalized spacial score (nSPS) is 11.6. The number of nitrogens with zero attached hydrogens (tertiary/aromatic N) is 2. The Balaban J connectivity index is 0.972. The van der Waals surface area contributed by atoms with Crippen molar-refractivity contribution in [1.29, 1.82) is 0 Å². The van der Waals surface area contributed by atoms with Crippen molar-refractivity contribution < 1.29 is 8.83 Å². The fourth-order valence-corrected chi connectivity index (χ4v) is 10.6. The maximum absolute atomic E-state index is 6.65. The fourth-order valence-electron chi connectivity index (χ4n) is 10.6. The molecule has 2 aromatic heterocycles. The molecule has 0 unspecified atom stereocenters. The molecule has 0 radical (unpaired) electrons. The van der Waals surface area contributed by atoms with Crippen LogP contribution in [0.3, 0.4) is 0 Å². The Hall–Kier alpha value is -8.60. The second-order valence-corrected chi connectivity index (χ2v) is 18.8. The summed E-state index contributed by atoms with van der Waals surface area (Å²) < 4.78 is 13.3. The molecule has 12 rings (SSSR count). The Bertz CT molecular complexity index is 3710. The first-order chi connectivity index (χ1) is 34.2. The second-order valence-electron chi connectivity index (χ2n) is 18.8. The van der Waals surface area contributed by atoms with E-state index in [0.29, 0.717) is 0 Å². The highest BCUT2D eigenvalue weighted by atomic mass is 16.3. The van der Waals surface area contributed by atoms with Crippen LogP contribution in [-0.4, -0.2) is 0 Å². The Labute approximate surface area is 409 Å². The quantitative estimate of drug-likeness (QED) is 0.144. The minimum Gasteiger partial charge on any atom is -0.455 e. The molecular formula is C66H52N2O2. The molecule has 0 N–H and O–H groups in total. The van der Waals surface area contributed by atoms with E-state index in [4.69, 9.17) is 8.83 Å². The van der Waals surface area contributed by atoms with E-state index in [-0.39, 0.29) is 0 Å². The van der Waals surface area contributed by atoms with E-state index >= 15 is 0 Å². The SMILES string of the molecule is Cc1ccc(N(c2ccc(-c3ccc(N(c4ccc(C)cc4)c4c(C)cccc4-c4cccc5c4oc4ccccc45)c(C)c3)cc2C)c2c(C)cccc2-c2cccc3c2oc2ccccc23)cc1. The van der Waals surface area contributed by atoms with Crippen molar-refractivity contribution in [2.75, 3.05) is 9.80 Å². The Morgan fingerprint density at radius 2 is 0.671 bits per heavy atom. The molecule has 0 aliphatic heterocycles. The molecule has 0 aliphatic carbocycles. The number of furan rings is 2. The molecule has 0 amide bonds. The predicted octanol–water partition coefficient (Wildman–Crippen LogP) is 19.3. The van der Waals surface area contributed by atoms with Gasteiger partial charge in [-0.15, -0.1) is 0 Å². The van der Waals surface area contributed by atoms with Crippen LogP contribution in [0, 0.1) is 41.5 Å². The monoisotopic (exact) mass is 904 g/mol. The van der Waals surface area contributed by atoms with Crippen molar-refractivity contribution >= 4 is 78.0 Å². The van der Waals surface area contributed by atoms with Crippen LogP contribution >= 0.6 is 0 Å². The predicted molar refractivity (Wildman–Crippen MR) is 295 cm³/mol. The summed E-state index contributed by atoms with van der Waals surface area (Å²) in [5.41, 5.74) is 24.0. The molecule has 12 aromatic rings. The first-order valence-electron chi connectivity index (χ1n) is 24.2. The smallest absolute Gasteiger partial charge is 0.143 e. The maximum atomic E-state index is 6.65. The average molecular weight is 905 g/mol. The summed E-state index contributed by atoms with van der Waals surface area (Å²) in [5.74, 6) is 0. The third-order valence-corrected chi connectivity index (χ3v) is 14.1. The molecule has 0 saturated heterocycles. The zero-order chi connectivity index (χ0) is 47.6. The highest BCUT2D eigenvalue weighted by Crippen LogP contribution is 2.49. The van der Waals surface area contributed by atoms with Gasteiger partial charge in [-0.2, -0.15) is 0 Å². The number of hydrogen-bond donors (Lipinski definition) is 0. The van der Waals surface area contributed by atoms with Gasteiger partial charge in [-0.05, 0) is 136 Å². The summed E-state index contributed by atoms with van der Waals surface area (Å²) >= 11 is 0. The van der Waals surface area contributed by atoms with E-state index < -0.39 is 0 Å². The highest BCUT2D eigenvalue weighted by Gasteiger charge is 2.26. The number of benzene rings is 10. The van der Waals surface area contributed by atoms with Crippen LogP contribution in [0.4, 0.5) is 34.1 Å².